The van der Waals surface area contributed by atoms with Gasteiger partial charge in [0, 0.05) is 11.1 Å². The van der Waals surface area contributed by atoms with Gasteiger partial charge in [-0.1, -0.05) is 35.3 Å². The third-order valence-electron chi connectivity index (χ3n) is 2.66. The lowest BCUT2D eigenvalue weighted by Crippen LogP contribution is -2.15. The van der Waals surface area contributed by atoms with Gasteiger partial charge in [-0.15, -0.1) is 0 Å². The summed E-state index contributed by atoms with van der Waals surface area (Å²) in [5, 5.41) is 8.13. The summed E-state index contributed by atoms with van der Waals surface area (Å²) in [5.74, 6) is -0.266. The number of nitrogens with one attached hydrogen (secondary N) is 1. The van der Waals surface area contributed by atoms with Crippen molar-refractivity contribution in [3.05, 3.63) is 63.4 Å². The smallest absolute Gasteiger partial charge is 0.139 e. The Kier molecular flexibility index (Phi) is 4.47. The van der Waals surface area contributed by atoms with Crippen molar-refractivity contribution in [3.8, 4) is 5.75 Å². The van der Waals surface area contributed by atoms with Crippen molar-refractivity contribution >= 4 is 29.0 Å². The monoisotopic (exact) mass is 312 g/mol. The van der Waals surface area contributed by atoms with E-state index < -0.39 is 5.82 Å². The molecular formula is C14H11Cl2FN2O. The molecule has 104 valence electrons. The molecule has 3 nitrogen and oxygen atoms in total. The Morgan fingerprint density at radius 2 is 2.00 bits per heavy atom. The zero-order valence-electron chi connectivity index (χ0n) is 10.3. The minimum atomic E-state index is -0.459. The molecule has 0 saturated carbocycles. The van der Waals surface area contributed by atoms with Crippen LogP contribution in [0.3, 0.4) is 0 Å². The lowest BCUT2D eigenvalue weighted by atomic mass is 10.1. The molecule has 2 aromatic rings. The highest BCUT2D eigenvalue weighted by Crippen LogP contribution is 2.32. The van der Waals surface area contributed by atoms with E-state index in [9.17, 15) is 4.39 Å². The summed E-state index contributed by atoms with van der Waals surface area (Å²) >= 11 is 11.9. The molecule has 6 heteroatoms. The largest absolute Gasteiger partial charge is 0.487 e. The van der Waals surface area contributed by atoms with E-state index in [1.807, 2.05) is 0 Å². The van der Waals surface area contributed by atoms with E-state index in [0.717, 1.165) is 0 Å². The van der Waals surface area contributed by atoms with E-state index in [0.29, 0.717) is 26.9 Å². The Labute approximate surface area is 125 Å². The fraction of sp³-hybridized carbons (Fsp3) is 0.0714. The van der Waals surface area contributed by atoms with Gasteiger partial charge in [0.15, 0.2) is 0 Å². The van der Waals surface area contributed by atoms with Crippen LogP contribution in [0, 0.1) is 11.2 Å². The molecule has 0 amide bonds. The first-order chi connectivity index (χ1) is 9.49. The SMILES string of the molecule is N=C(N)c1cc(F)ccc1COc1cccc(Cl)c1Cl. The molecule has 0 aliphatic rings. The van der Waals surface area contributed by atoms with Crippen molar-refractivity contribution in [2.24, 2.45) is 5.73 Å². The minimum Gasteiger partial charge on any atom is -0.487 e. The molecule has 2 rings (SSSR count). The molecule has 2 aromatic carbocycles. The van der Waals surface area contributed by atoms with Crippen molar-refractivity contribution < 1.29 is 9.13 Å². The summed E-state index contributed by atoms with van der Waals surface area (Å²) < 4.78 is 18.7. The molecule has 0 radical (unpaired) electrons. The molecule has 0 spiro atoms. The van der Waals surface area contributed by atoms with Gasteiger partial charge in [-0.05, 0) is 24.3 Å². The van der Waals surface area contributed by atoms with Gasteiger partial charge in [0.25, 0.3) is 0 Å². The Balaban J connectivity index is 2.23. The summed E-state index contributed by atoms with van der Waals surface area (Å²) in [6.45, 7) is 0.106. The van der Waals surface area contributed by atoms with Crippen LogP contribution in [0.2, 0.25) is 10.0 Å². The topological polar surface area (TPSA) is 59.1 Å². The summed E-state index contributed by atoms with van der Waals surface area (Å²) in [5.41, 5.74) is 6.31. The van der Waals surface area contributed by atoms with Gasteiger partial charge >= 0.3 is 0 Å². The van der Waals surface area contributed by atoms with Crippen LogP contribution in [-0.2, 0) is 6.61 Å². The molecule has 0 aromatic heterocycles. The number of hydrogen-bond donors (Lipinski definition) is 2. The van der Waals surface area contributed by atoms with Gasteiger partial charge in [0.05, 0.1) is 5.02 Å². The van der Waals surface area contributed by atoms with Crippen molar-refractivity contribution in [2.45, 2.75) is 6.61 Å². The number of rotatable bonds is 4. The van der Waals surface area contributed by atoms with Crippen LogP contribution in [0.4, 0.5) is 4.39 Å². The standard InChI is InChI=1S/C14H11Cl2FN2O/c15-11-2-1-3-12(13(11)16)20-7-8-4-5-9(17)6-10(8)14(18)19/h1-6H,7H2,(H3,18,19). The number of halogens is 3. The van der Waals surface area contributed by atoms with Crippen LogP contribution in [0.5, 0.6) is 5.75 Å². The predicted octanol–water partition coefficient (Wildman–Crippen LogP) is 4.00. The number of amidine groups is 1. The molecule has 0 unspecified atom stereocenters. The summed E-state index contributed by atoms with van der Waals surface area (Å²) in [6.07, 6.45) is 0. The quantitative estimate of drug-likeness (QED) is 0.662. The normalized spacial score (nSPS) is 10.3. The number of benzene rings is 2. The lowest BCUT2D eigenvalue weighted by Gasteiger charge is -2.12. The van der Waals surface area contributed by atoms with E-state index in [1.54, 1.807) is 18.2 Å². The van der Waals surface area contributed by atoms with Crippen molar-refractivity contribution in [3.63, 3.8) is 0 Å². The molecule has 0 aliphatic carbocycles. The fourth-order valence-electron chi connectivity index (χ4n) is 1.68. The van der Waals surface area contributed by atoms with Crippen molar-refractivity contribution in [1.29, 1.82) is 5.41 Å². The second kappa shape index (κ2) is 6.11. The van der Waals surface area contributed by atoms with Gasteiger partial charge in [-0.25, -0.2) is 4.39 Å². The van der Waals surface area contributed by atoms with Gasteiger partial charge in [0.2, 0.25) is 0 Å². The van der Waals surface area contributed by atoms with Gasteiger partial charge < -0.3 is 10.5 Å². The Morgan fingerprint density at radius 3 is 2.70 bits per heavy atom. The maximum absolute atomic E-state index is 13.2. The minimum absolute atomic E-state index is 0.106. The first-order valence-corrected chi connectivity index (χ1v) is 6.44. The number of hydrogen-bond acceptors (Lipinski definition) is 2. The maximum atomic E-state index is 13.2. The van der Waals surface area contributed by atoms with E-state index in [1.165, 1.54) is 18.2 Å². The van der Waals surface area contributed by atoms with Crippen LogP contribution in [0.15, 0.2) is 36.4 Å². The summed E-state index contributed by atoms with van der Waals surface area (Å²) in [4.78, 5) is 0. The van der Waals surface area contributed by atoms with Crippen LogP contribution >= 0.6 is 23.2 Å². The van der Waals surface area contributed by atoms with Crippen LogP contribution < -0.4 is 10.5 Å². The van der Waals surface area contributed by atoms with E-state index in [2.05, 4.69) is 0 Å². The van der Waals surface area contributed by atoms with Gasteiger partial charge in [-0.2, -0.15) is 0 Å². The summed E-state index contributed by atoms with van der Waals surface area (Å²) in [6, 6.07) is 9.02. The highest BCUT2D eigenvalue weighted by atomic mass is 35.5. The van der Waals surface area contributed by atoms with Gasteiger partial charge in [-0.3, -0.25) is 5.41 Å². The van der Waals surface area contributed by atoms with E-state index >= 15 is 0 Å². The van der Waals surface area contributed by atoms with Crippen LogP contribution in [0.25, 0.3) is 0 Å². The highest BCUT2D eigenvalue weighted by molar-refractivity contribution is 6.42. The molecule has 0 bridgehead atoms. The summed E-state index contributed by atoms with van der Waals surface area (Å²) in [7, 11) is 0. The molecule has 0 atom stereocenters. The lowest BCUT2D eigenvalue weighted by molar-refractivity contribution is 0.306. The molecular weight excluding hydrogens is 302 g/mol. The Bertz CT molecular complexity index is 662. The molecule has 0 aliphatic heterocycles. The second-order valence-corrected chi connectivity index (χ2v) is 4.84. The molecule has 0 fully saturated rings. The van der Waals surface area contributed by atoms with E-state index in [-0.39, 0.29) is 12.4 Å². The van der Waals surface area contributed by atoms with Crippen LogP contribution in [0.1, 0.15) is 11.1 Å². The van der Waals surface area contributed by atoms with Crippen LogP contribution in [-0.4, -0.2) is 5.84 Å². The average Bonchev–Trinajstić information content (AvgIpc) is 2.41. The predicted molar refractivity (Wildman–Crippen MR) is 78.2 cm³/mol. The highest BCUT2D eigenvalue weighted by Gasteiger charge is 2.10. The van der Waals surface area contributed by atoms with Gasteiger partial charge in [0.1, 0.15) is 29.0 Å². The van der Waals surface area contributed by atoms with Crippen molar-refractivity contribution in [1.82, 2.24) is 0 Å². The Hall–Kier alpha value is -1.78. The third kappa shape index (κ3) is 3.21. The van der Waals surface area contributed by atoms with Crippen molar-refractivity contribution in [2.75, 3.05) is 0 Å². The third-order valence-corrected chi connectivity index (χ3v) is 3.46. The fourth-order valence-corrected chi connectivity index (χ4v) is 2.02. The number of ether oxygens (including phenoxy) is 1. The van der Waals surface area contributed by atoms with E-state index in [4.69, 9.17) is 39.1 Å². The number of nitrogen functional groups attached to an aromatic ring is 1. The number of nitrogens with two attached hydrogens (primary N) is 1. The molecule has 20 heavy (non-hydrogen) atoms. The Morgan fingerprint density at radius 1 is 1.25 bits per heavy atom. The zero-order chi connectivity index (χ0) is 14.7. The first kappa shape index (κ1) is 14.6. The molecule has 3 N–H and O–H groups in total. The zero-order valence-corrected chi connectivity index (χ0v) is 11.8. The first-order valence-electron chi connectivity index (χ1n) is 5.68. The maximum Gasteiger partial charge on any atom is 0.139 e. The average molecular weight is 313 g/mol. The molecule has 0 heterocycles. The molecule has 0 saturated heterocycles. The second-order valence-electron chi connectivity index (χ2n) is 4.06.